The summed E-state index contributed by atoms with van der Waals surface area (Å²) in [5.41, 5.74) is 7.18. The van der Waals surface area contributed by atoms with Crippen molar-refractivity contribution in [3.8, 4) is 0 Å². The van der Waals surface area contributed by atoms with Crippen molar-refractivity contribution in [2.45, 2.75) is 12.5 Å². The Labute approximate surface area is 154 Å². The highest BCUT2D eigenvalue weighted by atomic mass is 35.5. The minimum Gasteiger partial charge on any atom is -0.478 e. The van der Waals surface area contributed by atoms with E-state index in [1.807, 2.05) is 0 Å². The van der Waals surface area contributed by atoms with Gasteiger partial charge in [0, 0.05) is 22.8 Å². The summed E-state index contributed by atoms with van der Waals surface area (Å²) < 4.78 is 0. The van der Waals surface area contributed by atoms with Gasteiger partial charge in [0.1, 0.15) is 0 Å². The fourth-order valence-corrected chi connectivity index (χ4v) is 3.10. The Hall–Kier alpha value is -3.06. The Bertz CT molecular complexity index is 883. The van der Waals surface area contributed by atoms with Crippen LogP contribution in [0.3, 0.4) is 0 Å². The third-order valence-electron chi connectivity index (χ3n) is 4.19. The van der Waals surface area contributed by atoms with Gasteiger partial charge in [-0.2, -0.15) is 0 Å². The highest BCUT2D eigenvalue weighted by molar-refractivity contribution is 6.30. The Balaban J connectivity index is 1.85. The molecule has 0 fully saturated rings. The van der Waals surface area contributed by atoms with Crippen molar-refractivity contribution in [3.63, 3.8) is 0 Å². The molecule has 3 amide bonds. The standard InChI is InChI=1S/C18H16ClN3O4/c19-13-4-1-10(2-5-13)16(23)21-14-8-12-7-11(17(24)25)3-6-15(12)22(9-14)18(20)26/h1-7,14H,8-9H2,(H2,20,26)(H,21,23)(H,24,25). The van der Waals surface area contributed by atoms with Crippen LogP contribution in [0.4, 0.5) is 10.5 Å². The van der Waals surface area contributed by atoms with Gasteiger partial charge in [0.25, 0.3) is 5.91 Å². The molecule has 0 radical (unpaired) electrons. The number of hydrogen-bond acceptors (Lipinski definition) is 3. The van der Waals surface area contributed by atoms with Gasteiger partial charge in [-0.05, 0) is 54.4 Å². The molecule has 8 heteroatoms. The van der Waals surface area contributed by atoms with Crippen LogP contribution in [0.5, 0.6) is 0 Å². The normalized spacial score (nSPS) is 15.9. The predicted molar refractivity (Wildman–Crippen MR) is 96.7 cm³/mol. The van der Waals surface area contributed by atoms with Crippen LogP contribution < -0.4 is 16.0 Å². The molecule has 2 aromatic carbocycles. The molecule has 0 bridgehead atoms. The first kappa shape index (κ1) is 17.8. The number of fused-ring (bicyclic) bond motifs is 1. The predicted octanol–water partition coefficient (Wildman–Crippen LogP) is 2.28. The van der Waals surface area contributed by atoms with Crippen LogP contribution in [0.2, 0.25) is 5.02 Å². The van der Waals surface area contributed by atoms with E-state index in [4.69, 9.17) is 22.4 Å². The van der Waals surface area contributed by atoms with Crippen molar-refractivity contribution in [2.24, 2.45) is 5.73 Å². The monoisotopic (exact) mass is 373 g/mol. The average molecular weight is 374 g/mol. The first-order valence-electron chi connectivity index (χ1n) is 7.85. The number of carbonyl (C=O) groups is 3. The molecule has 1 unspecified atom stereocenters. The van der Waals surface area contributed by atoms with Gasteiger partial charge in [-0.15, -0.1) is 0 Å². The van der Waals surface area contributed by atoms with Crippen molar-refractivity contribution in [1.29, 1.82) is 0 Å². The van der Waals surface area contributed by atoms with E-state index >= 15 is 0 Å². The Morgan fingerprint density at radius 3 is 2.38 bits per heavy atom. The average Bonchev–Trinajstić information content (AvgIpc) is 2.60. The zero-order chi connectivity index (χ0) is 18.8. The zero-order valence-corrected chi connectivity index (χ0v) is 14.4. The number of carbonyl (C=O) groups excluding carboxylic acids is 2. The number of primary amides is 1. The van der Waals surface area contributed by atoms with E-state index in [2.05, 4.69) is 5.32 Å². The molecular formula is C18H16ClN3O4. The minimum absolute atomic E-state index is 0.109. The maximum Gasteiger partial charge on any atom is 0.335 e. The number of benzene rings is 2. The number of anilines is 1. The van der Waals surface area contributed by atoms with E-state index in [0.717, 1.165) is 0 Å². The number of amides is 3. The summed E-state index contributed by atoms with van der Waals surface area (Å²) in [7, 11) is 0. The Morgan fingerprint density at radius 2 is 1.77 bits per heavy atom. The summed E-state index contributed by atoms with van der Waals surface area (Å²) in [6.45, 7) is 0.202. The van der Waals surface area contributed by atoms with Crippen LogP contribution in [0.1, 0.15) is 26.3 Å². The number of urea groups is 1. The lowest BCUT2D eigenvalue weighted by atomic mass is 9.95. The van der Waals surface area contributed by atoms with Crippen molar-refractivity contribution in [3.05, 3.63) is 64.2 Å². The minimum atomic E-state index is -1.06. The molecule has 0 saturated carbocycles. The molecule has 3 rings (SSSR count). The van der Waals surface area contributed by atoms with E-state index in [1.165, 1.54) is 17.0 Å². The fourth-order valence-electron chi connectivity index (χ4n) is 2.97. The molecular weight excluding hydrogens is 358 g/mol. The number of aromatic carboxylic acids is 1. The second-order valence-corrected chi connectivity index (χ2v) is 6.42. The Morgan fingerprint density at radius 1 is 1.12 bits per heavy atom. The molecule has 26 heavy (non-hydrogen) atoms. The van der Waals surface area contributed by atoms with Gasteiger partial charge >= 0.3 is 12.0 Å². The summed E-state index contributed by atoms with van der Waals surface area (Å²) in [5, 5.41) is 12.5. The first-order chi connectivity index (χ1) is 12.3. The van der Waals surface area contributed by atoms with E-state index in [-0.39, 0.29) is 18.0 Å². The third kappa shape index (κ3) is 3.62. The summed E-state index contributed by atoms with van der Waals surface area (Å²) in [6.07, 6.45) is 0.388. The van der Waals surface area contributed by atoms with Gasteiger partial charge in [-0.3, -0.25) is 9.69 Å². The van der Waals surface area contributed by atoms with Crippen LogP contribution in [0, 0.1) is 0 Å². The summed E-state index contributed by atoms with van der Waals surface area (Å²) in [5.74, 6) is -1.38. The first-order valence-corrected chi connectivity index (χ1v) is 8.22. The highest BCUT2D eigenvalue weighted by Gasteiger charge is 2.29. The maximum atomic E-state index is 12.4. The van der Waals surface area contributed by atoms with Crippen molar-refractivity contribution >= 4 is 35.2 Å². The summed E-state index contributed by atoms with van der Waals surface area (Å²) >= 11 is 5.82. The second kappa shape index (κ2) is 7.05. The molecule has 134 valence electrons. The van der Waals surface area contributed by atoms with Crippen LogP contribution in [-0.2, 0) is 6.42 Å². The lowest BCUT2D eigenvalue weighted by Crippen LogP contribution is -2.51. The number of hydrogen-bond donors (Lipinski definition) is 3. The number of nitrogens with one attached hydrogen (secondary N) is 1. The molecule has 2 aromatic rings. The van der Waals surface area contributed by atoms with E-state index in [9.17, 15) is 14.4 Å². The summed E-state index contributed by atoms with van der Waals surface area (Å²) in [6, 6.07) is 9.83. The molecule has 1 aliphatic rings. The lowest BCUT2D eigenvalue weighted by molar-refractivity contribution is 0.0696. The molecule has 0 aliphatic carbocycles. The van der Waals surface area contributed by atoms with Gasteiger partial charge in [0.05, 0.1) is 11.6 Å². The van der Waals surface area contributed by atoms with E-state index in [1.54, 1.807) is 30.3 Å². The number of carboxylic acid groups (broad SMARTS) is 1. The molecule has 0 saturated heterocycles. The maximum absolute atomic E-state index is 12.4. The highest BCUT2D eigenvalue weighted by Crippen LogP contribution is 2.28. The summed E-state index contributed by atoms with van der Waals surface area (Å²) in [4.78, 5) is 36.7. The van der Waals surface area contributed by atoms with Crippen LogP contribution >= 0.6 is 11.6 Å². The quantitative estimate of drug-likeness (QED) is 0.765. The van der Waals surface area contributed by atoms with Crippen LogP contribution in [0.15, 0.2) is 42.5 Å². The molecule has 0 aromatic heterocycles. The Kier molecular flexibility index (Phi) is 4.81. The fraction of sp³-hybridized carbons (Fsp3) is 0.167. The number of rotatable bonds is 3. The topological polar surface area (TPSA) is 113 Å². The third-order valence-corrected chi connectivity index (χ3v) is 4.45. The van der Waals surface area contributed by atoms with E-state index < -0.39 is 18.0 Å². The van der Waals surface area contributed by atoms with Gasteiger partial charge in [-0.25, -0.2) is 9.59 Å². The zero-order valence-electron chi connectivity index (χ0n) is 13.6. The van der Waals surface area contributed by atoms with Crippen molar-refractivity contribution < 1.29 is 19.5 Å². The second-order valence-electron chi connectivity index (χ2n) is 5.98. The van der Waals surface area contributed by atoms with Gasteiger partial charge < -0.3 is 16.2 Å². The number of halogens is 1. The van der Waals surface area contributed by atoms with Crippen LogP contribution in [-0.4, -0.2) is 35.6 Å². The molecule has 7 nitrogen and oxygen atoms in total. The molecule has 1 atom stereocenters. The van der Waals surface area contributed by atoms with Crippen LogP contribution in [0.25, 0.3) is 0 Å². The molecule has 0 spiro atoms. The van der Waals surface area contributed by atoms with Gasteiger partial charge in [0.2, 0.25) is 0 Å². The van der Waals surface area contributed by atoms with Crippen molar-refractivity contribution in [2.75, 3.05) is 11.4 Å². The smallest absolute Gasteiger partial charge is 0.335 e. The molecule has 1 aliphatic heterocycles. The number of nitrogens with two attached hydrogens (primary N) is 1. The number of carboxylic acids is 1. The number of nitrogens with zero attached hydrogens (tertiary/aromatic N) is 1. The largest absolute Gasteiger partial charge is 0.478 e. The van der Waals surface area contributed by atoms with Crippen molar-refractivity contribution in [1.82, 2.24) is 5.32 Å². The molecule has 1 heterocycles. The van der Waals surface area contributed by atoms with Gasteiger partial charge in [0.15, 0.2) is 0 Å². The SMILES string of the molecule is NC(=O)N1CC(NC(=O)c2ccc(Cl)cc2)Cc2cc(C(=O)O)ccc21. The molecule has 4 N–H and O–H groups in total. The van der Waals surface area contributed by atoms with Gasteiger partial charge in [-0.1, -0.05) is 11.6 Å². The lowest BCUT2D eigenvalue weighted by Gasteiger charge is -2.34. The van der Waals surface area contributed by atoms with E-state index in [0.29, 0.717) is 28.3 Å².